The topological polar surface area (TPSA) is 51.2 Å². The van der Waals surface area contributed by atoms with Crippen molar-refractivity contribution in [2.75, 3.05) is 7.05 Å². The second-order valence-corrected chi connectivity index (χ2v) is 6.92. The first-order chi connectivity index (χ1) is 13.1. The third-order valence-corrected chi connectivity index (χ3v) is 4.76. The highest BCUT2D eigenvalue weighted by Crippen LogP contribution is 2.23. The zero-order valence-corrected chi connectivity index (χ0v) is 16.0. The summed E-state index contributed by atoms with van der Waals surface area (Å²) in [4.78, 5) is 6.94. The van der Waals surface area contributed by atoms with Gasteiger partial charge in [0, 0.05) is 54.9 Å². The molecule has 0 atom stereocenters. The van der Waals surface area contributed by atoms with E-state index in [0.717, 1.165) is 47.7 Å². The summed E-state index contributed by atoms with van der Waals surface area (Å²) in [7, 11) is 2.12. The normalized spacial score (nSPS) is 11.6. The molecule has 0 aliphatic rings. The number of hydrogen-bond donors (Lipinski definition) is 0. The molecule has 0 radical (unpaired) electrons. The molecule has 6 heteroatoms. The Kier molecular flexibility index (Phi) is 4.73. The second kappa shape index (κ2) is 7.32. The maximum Gasteiger partial charge on any atom is 0.162 e. The van der Waals surface area contributed by atoms with Crippen LogP contribution in [0, 0.1) is 6.92 Å². The predicted molar refractivity (Wildman–Crippen MR) is 106 cm³/mol. The lowest BCUT2D eigenvalue weighted by molar-refractivity contribution is 0.317. The van der Waals surface area contributed by atoms with Gasteiger partial charge in [-0.05, 0) is 26.5 Å². The smallest absolute Gasteiger partial charge is 0.162 e. The summed E-state index contributed by atoms with van der Waals surface area (Å²) in [5.74, 6) is 0. The minimum atomic E-state index is 0.806. The van der Waals surface area contributed by atoms with Gasteiger partial charge in [-0.25, -0.2) is 9.50 Å². The van der Waals surface area contributed by atoms with Crippen molar-refractivity contribution in [3.05, 3.63) is 71.9 Å². The van der Waals surface area contributed by atoms with Crippen LogP contribution in [0.15, 0.2) is 55.1 Å². The zero-order chi connectivity index (χ0) is 18.8. The Morgan fingerprint density at radius 1 is 1.04 bits per heavy atom. The molecule has 0 unspecified atom stereocenters. The summed E-state index contributed by atoms with van der Waals surface area (Å²) in [6.07, 6.45) is 8.02. The van der Waals surface area contributed by atoms with E-state index in [4.69, 9.17) is 0 Å². The van der Waals surface area contributed by atoms with Crippen LogP contribution in [0.2, 0.25) is 0 Å². The van der Waals surface area contributed by atoms with E-state index in [0.29, 0.717) is 0 Å². The van der Waals surface area contributed by atoms with E-state index in [1.165, 1.54) is 5.56 Å². The maximum absolute atomic E-state index is 4.67. The van der Waals surface area contributed by atoms with Crippen LogP contribution < -0.4 is 0 Å². The van der Waals surface area contributed by atoms with E-state index in [2.05, 4.69) is 65.5 Å². The monoisotopic (exact) mass is 360 g/mol. The molecular weight excluding hydrogens is 336 g/mol. The highest BCUT2D eigenvalue weighted by atomic mass is 15.3. The van der Waals surface area contributed by atoms with Gasteiger partial charge in [-0.3, -0.25) is 9.58 Å². The summed E-state index contributed by atoms with van der Waals surface area (Å²) < 4.78 is 3.85. The lowest BCUT2D eigenvalue weighted by Gasteiger charge is -2.16. The largest absolute Gasteiger partial charge is 0.298 e. The van der Waals surface area contributed by atoms with Gasteiger partial charge in [0.05, 0.1) is 11.9 Å². The molecule has 0 saturated carbocycles. The Hall–Kier alpha value is -2.99. The van der Waals surface area contributed by atoms with Gasteiger partial charge >= 0.3 is 0 Å². The van der Waals surface area contributed by atoms with Crippen LogP contribution in [0.1, 0.15) is 23.7 Å². The average Bonchev–Trinajstić information content (AvgIpc) is 3.25. The van der Waals surface area contributed by atoms with Crippen LogP contribution in [0.4, 0.5) is 0 Å². The minimum absolute atomic E-state index is 0.806. The van der Waals surface area contributed by atoms with Gasteiger partial charge in [-0.2, -0.15) is 10.2 Å². The quantitative estimate of drug-likeness (QED) is 0.528. The number of fused-ring (bicyclic) bond motifs is 1. The molecule has 138 valence electrons. The summed E-state index contributed by atoms with van der Waals surface area (Å²) >= 11 is 0. The Labute approximate surface area is 159 Å². The Bertz CT molecular complexity index is 1050. The van der Waals surface area contributed by atoms with Crippen molar-refractivity contribution in [2.24, 2.45) is 0 Å². The number of rotatable bonds is 6. The van der Waals surface area contributed by atoms with Gasteiger partial charge in [0.25, 0.3) is 0 Å². The van der Waals surface area contributed by atoms with Crippen LogP contribution in [0.25, 0.3) is 16.8 Å². The highest BCUT2D eigenvalue weighted by molar-refractivity contribution is 5.76. The fourth-order valence-corrected chi connectivity index (χ4v) is 3.35. The van der Waals surface area contributed by atoms with Gasteiger partial charge < -0.3 is 0 Å². The summed E-state index contributed by atoms with van der Waals surface area (Å²) in [5, 5.41) is 9.02. The number of nitrogens with zero attached hydrogens (tertiary/aromatic N) is 6. The van der Waals surface area contributed by atoms with Gasteiger partial charge in [0.1, 0.15) is 0 Å². The van der Waals surface area contributed by atoms with E-state index in [9.17, 15) is 0 Å². The van der Waals surface area contributed by atoms with Crippen molar-refractivity contribution in [1.82, 2.24) is 29.3 Å². The van der Waals surface area contributed by atoms with Gasteiger partial charge in [-0.15, -0.1) is 0 Å². The molecule has 0 bridgehead atoms. The molecule has 1 aromatic carbocycles. The highest BCUT2D eigenvalue weighted by Gasteiger charge is 2.11. The zero-order valence-electron chi connectivity index (χ0n) is 16.0. The summed E-state index contributed by atoms with van der Waals surface area (Å²) in [5.41, 5.74) is 6.56. The van der Waals surface area contributed by atoms with E-state index in [1.54, 1.807) is 0 Å². The van der Waals surface area contributed by atoms with Crippen molar-refractivity contribution >= 4 is 5.65 Å². The SMILES string of the molecule is CCn1cc(CN(C)Cc2cnc3c(-c4ccccc4)cnn3c2)c(C)n1. The number of aryl methyl sites for hydroxylation is 2. The number of hydrogen-bond acceptors (Lipinski definition) is 4. The van der Waals surface area contributed by atoms with Gasteiger partial charge in [0.2, 0.25) is 0 Å². The molecule has 0 amide bonds. The lowest BCUT2D eigenvalue weighted by Crippen LogP contribution is -2.18. The van der Waals surface area contributed by atoms with Crippen molar-refractivity contribution in [1.29, 1.82) is 0 Å². The molecule has 0 fully saturated rings. The summed E-state index contributed by atoms with van der Waals surface area (Å²) in [6.45, 7) is 6.74. The molecule has 0 saturated heterocycles. The average molecular weight is 360 g/mol. The fraction of sp³-hybridized carbons (Fsp3) is 0.286. The van der Waals surface area contributed by atoms with Crippen LogP contribution >= 0.6 is 0 Å². The van der Waals surface area contributed by atoms with Crippen LogP contribution in [-0.4, -0.2) is 36.3 Å². The van der Waals surface area contributed by atoms with Crippen molar-refractivity contribution in [3.8, 4) is 11.1 Å². The van der Waals surface area contributed by atoms with E-state index in [1.807, 2.05) is 39.8 Å². The molecule has 0 aliphatic heterocycles. The maximum atomic E-state index is 4.67. The molecule has 27 heavy (non-hydrogen) atoms. The molecule has 0 aliphatic carbocycles. The van der Waals surface area contributed by atoms with Crippen LogP contribution in [0.3, 0.4) is 0 Å². The number of benzene rings is 1. The third-order valence-electron chi connectivity index (χ3n) is 4.76. The van der Waals surface area contributed by atoms with Crippen LogP contribution in [-0.2, 0) is 19.6 Å². The van der Waals surface area contributed by atoms with Crippen molar-refractivity contribution in [3.63, 3.8) is 0 Å². The molecular formula is C21H24N6. The van der Waals surface area contributed by atoms with Crippen molar-refractivity contribution in [2.45, 2.75) is 33.5 Å². The Balaban J connectivity index is 1.51. The van der Waals surface area contributed by atoms with Crippen molar-refractivity contribution < 1.29 is 0 Å². The summed E-state index contributed by atoms with van der Waals surface area (Å²) in [6, 6.07) is 10.2. The first-order valence-electron chi connectivity index (χ1n) is 9.23. The van der Waals surface area contributed by atoms with E-state index in [-0.39, 0.29) is 0 Å². The first kappa shape index (κ1) is 17.4. The standard InChI is InChI=1S/C21H24N6/c1-4-26-15-19(16(2)24-26)14-25(3)12-17-10-22-21-20(11-23-27(21)13-17)18-8-6-5-7-9-18/h5-11,13,15H,4,12,14H2,1-3H3. The lowest BCUT2D eigenvalue weighted by atomic mass is 10.1. The molecule has 4 rings (SSSR count). The predicted octanol–water partition coefficient (Wildman–Crippen LogP) is 3.55. The van der Waals surface area contributed by atoms with E-state index < -0.39 is 0 Å². The number of aromatic nitrogens is 5. The first-order valence-corrected chi connectivity index (χ1v) is 9.23. The molecule has 4 aromatic rings. The third kappa shape index (κ3) is 3.61. The van der Waals surface area contributed by atoms with Gasteiger partial charge in [-0.1, -0.05) is 30.3 Å². The molecule has 3 heterocycles. The molecule has 0 spiro atoms. The van der Waals surface area contributed by atoms with Crippen LogP contribution in [0.5, 0.6) is 0 Å². The van der Waals surface area contributed by atoms with Gasteiger partial charge in [0.15, 0.2) is 5.65 Å². The fourth-order valence-electron chi connectivity index (χ4n) is 3.35. The molecule has 0 N–H and O–H groups in total. The molecule has 6 nitrogen and oxygen atoms in total. The molecule has 3 aromatic heterocycles. The Morgan fingerprint density at radius 3 is 2.59 bits per heavy atom. The van der Waals surface area contributed by atoms with E-state index >= 15 is 0 Å². The second-order valence-electron chi connectivity index (χ2n) is 6.92. The minimum Gasteiger partial charge on any atom is -0.298 e. The Morgan fingerprint density at radius 2 is 1.85 bits per heavy atom.